The van der Waals surface area contributed by atoms with E-state index >= 15 is 0 Å². The van der Waals surface area contributed by atoms with E-state index in [1.54, 1.807) is 0 Å². The highest BCUT2D eigenvalue weighted by Gasteiger charge is 1.96. The number of nitrogens with one attached hydrogen (secondary N) is 1. The Labute approximate surface area is 61.5 Å². The number of hydrogen-bond donors (Lipinski definition) is 0. The van der Waals surface area contributed by atoms with Gasteiger partial charge in [0.25, 0.3) is 0 Å². The first-order valence-electron chi connectivity index (χ1n) is 3.45. The molecule has 0 aromatic carbocycles. The van der Waals surface area contributed by atoms with Gasteiger partial charge in [-0.25, -0.2) is 0 Å². The van der Waals surface area contributed by atoms with E-state index in [1.807, 2.05) is 13.8 Å². The van der Waals surface area contributed by atoms with Gasteiger partial charge in [-0.2, -0.15) is 0 Å². The lowest BCUT2D eigenvalue weighted by Gasteiger charge is -2.03. The van der Waals surface area contributed by atoms with Crippen LogP contribution in [0.4, 0.5) is 0 Å². The third-order valence-corrected chi connectivity index (χ3v) is 0.925. The number of carbonyl (C=O) groups excluding carboxylic acids is 1. The van der Waals surface area contributed by atoms with E-state index in [-0.39, 0.29) is 6.42 Å². The van der Waals surface area contributed by atoms with Crippen molar-refractivity contribution in [3.63, 3.8) is 0 Å². The molecule has 0 aliphatic carbocycles. The molecule has 0 aromatic heterocycles. The molecule has 59 valence electrons. The van der Waals surface area contributed by atoms with E-state index < -0.39 is 5.91 Å². The summed E-state index contributed by atoms with van der Waals surface area (Å²) in [6.45, 7) is 5.15. The minimum Gasteiger partial charge on any atom is -0.381 e. The number of hydrogen-bond acceptors (Lipinski definition) is 2. The zero-order valence-corrected chi connectivity index (χ0v) is 6.52. The van der Waals surface area contributed by atoms with Crippen LogP contribution >= 0.6 is 0 Å². The monoisotopic (exact) mass is 144 g/mol. The van der Waals surface area contributed by atoms with Crippen LogP contribution in [0.3, 0.4) is 0 Å². The van der Waals surface area contributed by atoms with Crippen LogP contribution in [0.15, 0.2) is 0 Å². The molecule has 0 heterocycles. The molecule has 1 N–H and O–H groups in total. The molecular formula is C7H14NO2. The lowest BCUT2D eigenvalue weighted by Crippen LogP contribution is -2.07. The summed E-state index contributed by atoms with van der Waals surface area (Å²) in [6, 6.07) is 0. The third-order valence-electron chi connectivity index (χ3n) is 0.925. The van der Waals surface area contributed by atoms with Gasteiger partial charge in [0.15, 0.2) is 0 Å². The quantitative estimate of drug-likeness (QED) is 0.537. The Morgan fingerprint density at radius 2 is 2.20 bits per heavy atom. The number of amides is 1. The number of carbonyl (C=O) groups is 1. The third kappa shape index (κ3) is 7.43. The van der Waals surface area contributed by atoms with E-state index in [0.717, 1.165) is 0 Å². The van der Waals surface area contributed by atoms with Crippen LogP contribution in [-0.2, 0) is 9.53 Å². The first-order valence-corrected chi connectivity index (χ1v) is 3.45. The molecule has 0 bridgehead atoms. The molecule has 10 heavy (non-hydrogen) atoms. The minimum absolute atomic E-state index is 0.215. The Bertz CT molecular complexity index is 102. The fourth-order valence-electron chi connectivity index (χ4n) is 0.484. The van der Waals surface area contributed by atoms with Crippen LogP contribution in [0, 0.1) is 5.92 Å². The summed E-state index contributed by atoms with van der Waals surface area (Å²) < 4.78 is 5.07. The molecule has 1 radical (unpaired) electrons. The Morgan fingerprint density at radius 1 is 1.60 bits per heavy atom. The number of rotatable bonds is 5. The molecular weight excluding hydrogens is 130 g/mol. The molecule has 0 saturated carbocycles. The maximum atomic E-state index is 10.1. The van der Waals surface area contributed by atoms with Crippen LogP contribution in [-0.4, -0.2) is 19.1 Å². The average molecular weight is 144 g/mol. The van der Waals surface area contributed by atoms with Crippen molar-refractivity contribution in [2.75, 3.05) is 13.2 Å². The summed E-state index contributed by atoms with van der Waals surface area (Å²) in [5.74, 6) is -0.0513. The fraction of sp³-hybridized carbons (Fsp3) is 0.857. The number of ether oxygens (including phenoxy) is 1. The van der Waals surface area contributed by atoms with Crippen LogP contribution in [0.2, 0.25) is 0 Å². The maximum absolute atomic E-state index is 10.1. The summed E-state index contributed by atoms with van der Waals surface area (Å²) >= 11 is 0. The van der Waals surface area contributed by atoms with Gasteiger partial charge < -0.3 is 4.74 Å². The van der Waals surface area contributed by atoms with Gasteiger partial charge in [-0.15, -0.1) is 0 Å². The SMILES string of the molecule is CC(C)COCCC([NH])=O. The normalized spacial score (nSPS) is 10.3. The van der Waals surface area contributed by atoms with Gasteiger partial charge in [-0.1, -0.05) is 13.8 Å². The van der Waals surface area contributed by atoms with Gasteiger partial charge in [-0.3, -0.25) is 10.5 Å². The Kier molecular flexibility index (Phi) is 4.94. The zero-order valence-electron chi connectivity index (χ0n) is 6.52. The fourth-order valence-corrected chi connectivity index (χ4v) is 0.484. The van der Waals surface area contributed by atoms with E-state index in [2.05, 4.69) is 0 Å². The second kappa shape index (κ2) is 5.23. The van der Waals surface area contributed by atoms with Crippen molar-refractivity contribution in [2.45, 2.75) is 20.3 Å². The average Bonchev–Trinajstić information content (AvgIpc) is 1.79. The largest absolute Gasteiger partial charge is 0.381 e. The standard InChI is InChI=1S/C7H14NO2/c1-6(2)5-10-4-3-7(8)9/h6,8H,3-5H2,1-2H3. The van der Waals surface area contributed by atoms with Crippen LogP contribution < -0.4 is 5.73 Å². The van der Waals surface area contributed by atoms with E-state index in [9.17, 15) is 4.79 Å². The van der Waals surface area contributed by atoms with Crippen LogP contribution in [0.5, 0.6) is 0 Å². The van der Waals surface area contributed by atoms with Gasteiger partial charge in [-0.05, 0) is 5.92 Å². The van der Waals surface area contributed by atoms with E-state index in [1.165, 1.54) is 0 Å². The van der Waals surface area contributed by atoms with Gasteiger partial charge in [0.1, 0.15) is 0 Å². The van der Waals surface area contributed by atoms with Crippen molar-refractivity contribution in [1.29, 1.82) is 0 Å². The highest BCUT2D eigenvalue weighted by atomic mass is 16.5. The van der Waals surface area contributed by atoms with Crippen LogP contribution in [0.1, 0.15) is 20.3 Å². The molecule has 3 heteroatoms. The van der Waals surface area contributed by atoms with Crippen molar-refractivity contribution in [3.8, 4) is 0 Å². The molecule has 3 nitrogen and oxygen atoms in total. The first-order chi connectivity index (χ1) is 4.63. The summed E-state index contributed by atoms with van der Waals surface area (Å²) in [5, 5.41) is 0. The molecule has 1 amide bonds. The second-order valence-electron chi connectivity index (χ2n) is 2.64. The van der Waals surface area contributed by atoms with E-state index in [0.29, 0.717) is 19.1 Å². The first kappa shape index (κ1) is 9.43. The van der Waals surface area contributed by atoms with Crippen molar-refractivity contribution >= 4 is 5.91 Å². The molecule has 0 rings (SSSR count). The van der Waals surface area contributed by atoms with Gasteiger partial charge in [0.2, 0.25) is 5.91 Å². The highest BCUT2D eigenvalue weighted by Crippen LogP contribution is 1.92. The molecule has 0 unspecified atom stereocenters. The Balaban J connectivity index is 2.98. The summed E-state index contributed by atoms with van der Waals surface area (Å²) in [4.78, 5) is 10.1. The Morgan fingerprint density at radius 3 is 2.60 bits per heavy atom. The minimum atomic E-state index is -0.552. The molecule has 0 saturated heterocycles. The van der Waals surface area contributed by atoms with Crippen LogP contribution in [0.25, 0.3) is 0 Å². The molecule has 0 spiro atoms. The second-order valence-corrected chi connectivity index (χ2v) is 2.64. The van der Waals surface area contributed by atoms with Crippen molar-refractivity contribution < 1.29 is 9.53 Å². The molecule has 0 atom stereocenters. The van der Waals surface area contributed by atoms with E-state index in [4.69, 9.17) is 10.5 Å². The molecule has 0 aliphatic heterocycles. The summed E-state index contributed by atoms with van der Waals surface area (Å²) in [5.41, 5.74) is 6.54. The molecule has 0 aliphatic rings. The smallest absolute Gasteiger partial charge is 0.240 e. The molecule has 0 aromatic rings. The lowest BCUT2D eigenvalue weighted by molar-refractivity contribution is -0.119. The summed E-state index contributed by atoms with van der Waals surface area (Å²) in [6.07, 6.45) is 0.215. The Hall–Kier alpha value is -0.570. The maximum Gasteiger partial charge on any atom is 0.240 e. The van der Waals surface area contributed by atoms with Crippen molar-refractivity contribution in [2.24, 2.45) is 5.92 Å². The van der Waals surface area contributed by atoms with Crippen molar-refractivity contribution in [3.05, 3.63) is 0 Å². The van der Waals surface area contributed by atoms with Gasteiger partial charge in [0, 0.05) is 6.61 Å². The topological polar surface area (TPSA) is 50.1 Å². The lowest BCUT2D eigenvalue weighted by atomic mass is 10.2. The molecule has 0 fully saturated rings. The van der Waals surface area contributed by atoms with Crippen molar-refractivity contribution in [1.82, 2.24) is 5.73 Å². The highest BCUT2D eigenvalue weighted by molar-refractivity contribution is 5.72. The van der Waals surface area contributed by atoms with Gasteiger partial charge in [0.05, 0.1) is 13.0 Å². The summed E-state index contributed by atoms with van der Waals surface area (Å²) in [7, 11) is 0. The van der Waals surface area contributed by atoms with Gasteiger partial charge >= 0.3 is 0 Å². The predicted molar refractivity (Wildman–Crippen MR) is 38.4 cm³/mol. The zero-order chi connectivity index (χ0) is 7.98. The predicted octanol–water partition coefficient (Wildman–Crippen LogP) is 0.859.